The number of hydrogen-bond donors (Lipinski definition) is 2. The fourth-order valence-electron chi connectivity index (χ4n) is 4.49. The predicted molar refractivity (Wildman–Crippen MR) is 134 cm³/mol. The number of anilines is 2. The minimum Gasteiger partial charge on any atom is -0.336 e. The zero-order valence-corrected chi connectivity index (χ0v) is 20.4. The molecule has 32 heavy (non-hydrogen) atoms. The lowest BCUT2D eigenvalue weighted by Gasteiger charge is -2.23. The van der Waals surface area contributed by atoms with Crippen LogP contribution in [0.15, 0.2) is 59.7 Å². The molecule has 172 valence electrons. The number of nitrogens with zero attached hydrogens (tertiary/aromatic N) is 1. The molecule has 4 heteroatoms. The highest BCUT2D eigenvalue weighted by Crippen LogP contribution is 2.43. The van der Waals surface area contributed by atoms with Crippen LogP contribution in [0.1, 0.15) is 77.5 Å². The van der Waals surface area contributed by atoms with Gasteiger partial charge < -0.3 is 5.32 Å². The normalized spacial score (nSPS) is 20.3. The summed E-state index contributed by atoms with van der Waals surface area (Å²) in [7, 11) is 0. The number of allylic oxidation sites excluding steroid dienone is 6. The van der Waals surface area contributed by atoms with Crippen LogP contribution in [0.25, 0.3) is 0 Å². The average Bonchev–Trinajstić information content (AvgIpc) is 3.38. The van der Waals surface area contributed by atoms with Gasteiger partial charge in [-0.2, -0.15) is 5.10 Å². The first-order valence-corrected chi connectivity index (χ1v) is 11.8. The van der Waals surface area contributed by atoms with Gasteiger partial charge in [-0.05, 0) is 79.7 Å². The lowest BCUT2D eigenvalue weighted by Crippen LogP contribution is -2.09. The molecule has 0 spiro atoms. The molecule has 0 aliphatic heterocycles. The van der Waals surface area contributed by atoms with Gasteiger partial charge in [0.1, 0.15) is 5.82 Å². The molecular weight excluding hydrogens is 397 g/mol. The lowest BCUT2D eigenvalue weighted by molar-refractivity contribution is 0.514. The third-order valence-electron chi connectivity index (χ3n) is 6.30. The molecular formula is C28H38FN3. The molecule has 1 fully saturated rings. The molecule has 2 aromatic rings. The van der Waals surface area contributed by atoms with Gasteiger partial charge in [0, 0.05) is 17.7 Å². The Morgan fingerprint density at radius 1 is 1.25 bits per heavy atom. The van der Waals surface area contributed by atoms with Crippen molar-refractivity contribution in [2.45, 2.75) is 73.1 Å². The fourth-order valence-corrected chi connectivity index (χ4v) is 4.49. The zero-order valence-electron chi connectivity index (χ0n) is 20.4. The molecule has 0 saturated heterocycles. The number of hydrogen-bond acceptors (Lipinski definition) is 2. The van der Waals surface area contributed by atoms with Crippen molar-refractivity contribution < 1.29 is 4.39 Å². The van der Waals surface area contributed by atoms with Crippen LogP contribution in [-0.2, 0) is 0 Å². The topological polar surface area (TPSA) is 40.7 Å². The highest BCUT2D eigenvalue weighted by atomic mass is 19.1. The highest BCUT2D eigenvalue weighted by molar-refractivity contribution is 5.57. The van der Waals surface area contributed by atoms with Crippen molar-refractivity contribution in [1.82, 2.24) is 10.2 Å². The maximum Gasteiger partial charge on any atom is 0.152 e. The van der Waals surface area contributed by atoms with Gasteiger partial charge in [0.05, 0.1) is 5.69 Å². The van der Waals surface area contributed by atoms with Crippen molar-refractivity contribution in [3.63, 3.8) is 0 Å². The summed E-state index contributed by atoms with van der Waals surface area (Å²) in [5, 5.41) is 10.7. The molecule has 1 aromatic heterocycles. The molecule has 0 amide bonds. The molecule has 3 rings (SSSR count). The van der Waals surface area contributed by atoms with Crippen molar-refractivity contribution >= 4 is 11.5 Å². The van der Waals surface area contributed by atoms with E-state index in [1.54, 1.807) is 6.07 Å². The number of aromatic nitrogens is 2. The smallest absolute Gasteiger partial charge is 0.152 e. The van der Waals surface area contributed by atoms with Crippen LogP contribution >= 0.6 is 0 Å². The number of benzene rings is 1. The van der Waals surface area contributed by atoms with E-state index in [1.165, 1.54) is 23.6 Å². The Hall–Kier alpha value is -2.62. The van der Waals surface area contributed by atoms with Crippen LogP contribution in [0.5, 0.6) is 0 Å². The van der Waals surface area contributed by atoms with Gasteiger partial charge in [0.2, 0.25) is 0 Å². The molecule has 2 N–H and O–H groups in total. The Morgan fingerprint density at radius 2 is 2.03 bits per heavy atom. The largest absolute Gasteiger partial charge is 0.336 e. The summed E-state index contributed by atoms with van der Waals surface area (Å²) >= 11 is 0. The highest BCUT2D eigenvalue weighted by Gasteiger charge is 2.29. The Labute approximate surface area is 192 Å². The van der Waals surface area contributed by atoms with E-state index in [-0.39, 0.29) is 11.2 Å². The minimum absolute atomic E-state index is 0.118. The Morgan fingerprint density at radius 3 is 2.69 bits per heavy atom. The first-order valence-electron chi connectivity index (χ1n) is 11.8. The summed E-state index contributed by atoms with van der Waals surface area (Å²) in [6, 6.07) is 7.23. The SMILES string of the molecule is C\C=C/C(=C\C(=C\CC)C1CCC(c2cc(Nc3ccc(C)cc3F)n[nH]2)C1)C(C)(C)C. The molecule has 1 aromatic carbocycles. The maximum absolute atomic E-state index is 14.2. The summed E-state index contributed by atoms with van der Waals surface area (Å²) in [4.78, 5) is 0. The average molecular weight is 436 g/mol. The first kappa shape index (κ1) is 24.0. The molecule has 2 atom stereocenters. The second-order valence-electron chi connectivity index (χ2n) is 9.99. The van der Waals surface area contributed by atoms with E-state index in [1.807, 2.05) is 19.1 Å². The Bertz CT molecular complexity index is 1000. The van der Waals surface area contributed by atoms with Gasteiger partial charge in [-0.25, -0.2) is 4.39 Å². The number of rotatable bonds is 7. The summed E-state index contributed by atoms with van der Waals surface area (Å²) in [5.41, 5.74) is 5.43. The van der Waals surface area contributed by atoms with Crippen LogP contribution in [0.3, 0.4) is 0 Å². The summed E-state index contributed by atoms with van der Waals surface area (Å²) in [6.45, 7) is 13.0. The quantitative estimate of drug-likeness (QED) is 0.429. The number of H-pyrrole nitrogens is 1. The third-order valence-corrected chi connectivity index (χ3v) is 6.30. The van der Waals surface area contributed by atoms with Gasteiger partial charge >= 0.3 is 0 Å². The number of aromatic amines is 1. The van der Waals surface area contributed by atoms with E-state index >= 15 is 0 Å². The van der Waals surface area contributed by atoms with Crippen molar-refractivity contribution in [2.75, 3.05) is 5.32 Å². The standard InChI is InChI=1S/C28H38FN3/c1-7-9-20(17-23(10-8-2)28(4,5)6)21-12-13-22(16-21)26-18-27(32-31-26)30-25-14-11-19(3)15-24(25)29/h8-11,14-15,17-18,21-22H,7,12-13,16H2,1-6H3,(H2,30,31,32)/b10-8-,20-9-,23-17+. The number of aryl methyl sites for hydroxylation is 1. The van der Waals surface area contributed by atoms with Crippen molar-refractivity contribution in [2.24, 2.45) is 11.3 Å². The second-order valence-corrected chi connectivity index (χ2v) is 9.99. The van der Waals surface area contributed by atoms with Gasteiger partial charge in [-0.3, -0.25) is 5.10 Å². The van der Waals surface area contributed by atoms with Crippen molar-refractivity contribution in [1.29, 1.82) is 0 Å². The molecule has 1 heterocycles. The molecule has 1 saturated carbocycles. The van der Waals surface area contributed by atoms with Crippen molar-refractivity contribution in [3.05, 3.63) is 76.8 Å². The first-order chi connectivity index (χ1) is 15.2. The fraction of sp³-hybridized carbons (Fsp3) is 0.464. The molecule has 0 bridgehead atoms. The monoisotopic (exact) mass is 435 g/mol. The van der Waals surface area contributed by atoms with E-state index in [0.29, 0.717) is 23.3 Å². The van der Waals surface area contributed by atoms with Crippen LogP contribution in [0.4, 0.5) is 15.9 Å². The van der Waals surface area contributed by atoms with E-state index < -0.39 is 0 Å². The lowest BCUT2D eigenvalue weighted by atomic mass is 9.82. The molecule has 0 radical (unpaired) electrons. The molecule has 1 aliphatic rings. The van der Waals surface area contributed by atoms with Gasteiger partial charge in [0.25, 0.3) is 0 Å². The van der Waals surface area contributed by atoms with E-state index in [4.69, 9.17) is 0 Å². The van der Waals surface area contributed by atoms with Crippen LogP contribution in [0.2, 0.25) is 0 Å². The molecule has 1 aliphatic carbocycles. The summed E-state index contributed by atoms with van der Waals surface area (Å²) in [6.07, 6.45) is 13.6. The second kappa shape index (κ2) is 10.3. The maximum atomic E-state index is 14.2. The molecule has 2 unspecified atom stereocenters. The molecule has 3 nitrogen and oxygen atoms in total. The minimum atomic E-state index is -0.257. The number of nitrogens with one attached hydrogen (secondary N) is 2. The van der Waals surface area contributed by atoms with E-state index in [9.17, 15) is 4.39 Å². The predicted octanol–water partition coefficient (Wildman–Crippen LogP) is 8.37. The van der Waals surface area contributed by atoms with Crippen LogP contribution in [0, 0.1) is 24.1 Å². The Kier molecular flexibility index (Phi) is 7.76. The summed E-state index contributed by atoms with van der Waals surface area (Å²) < 4.78 is 14.2. The van der Waals surface area contributed by atoms with Crippen LogP contribution in [-0.4, -0.2) is 10.2 Å². The van der Waals surface area contributed by atoms with E-state index in [2.05, 4.69) is 74.4 Å². The Balaban J connectivity index is 1.73. The number of halogens is 1. The van der Waals surface area contributed by atoms with Crippen molar-refractivity contribution in [3.8, 4) is 0 Å². The van der Waals surface area contributed by atoms with Crippen LogP contribution < -0.4 is 5.32 Å². The van der Waals surface area contributed by atoms with Gasteiger partial charge in [-0.15, -0.1) is 0 Å². The zero-order chi connectivity index (χ0) is 23.3. The van der Waals surface area contributed by atoms with E-state index in [0.717, 1.165) is 30.5 Å². The third kappa shape index (κ3) is 5.99. The van der Waals surface area contributed by atoms with Gasteiger partial charge in [-0.1, -0.05) is 58.1 Å². The summed E-state index contributed by atoms with van der Waals surface area (Å²) in [5.74, 6) is 1.40. The van der Waals surface area contributed by atoms with Gasteiger partial charge in [0.15, 0.2) is 5.82 Å².